The van der Waals surface area contributed by atoms with Gasteiger partial charge in [0, 0.05) is 18.7 Å². The largest absolute Gasteiger partial charge is 0.497 e. The summed E-state index contributed by atoms with van der Waals surface area (Å²) in [6.07, 6.45) is 0. The van der Waals surface area contributed by atoms with Crippen LogP contribution in [0.5, 0.6) is 11.5 Å². The van der Waals surface area contributed by atoms with Gasteiger partial charge in [-0.1, -0.05) is 11.3 Å². The molecule has 0 atom stereocenters. The van der Waals surface area contributed by atoms with Crippen molar-refractivity contribution in [2.75, 3.05) is 26.9 Å². The maximum Gasteiger partial charge on any atom is 0.279 e. The highest BCUT2D eigenvalue weighted by molar-refractivity contribution is 7.16. The summed E-state index contributed by atoms with van der Waals surface area (Å²) in [7, 11) is 1.59. The van der Waals surface area contributed by atoms with Crippen molar-refractivity contribution < 1.29 is 19.0 Å². The number of ether oxygens (including phenoxy) is 3. The molecular weight excluding hydrogens is 376 g/mol. The normalized spacial score (nSPS) is 11.8. The van der Waals surface area contributed by atoms with Crippen LogP contribution in [-0.2, 0) is 11.3 Å². The molecule has 7 heteroatoms. The fraction of sp³-hybridized carbons (Fsp3) is 0.333. The molecule has 0 aliphatic heterocycles. The first-order valence-electron chi connectivity index (χ1n) is 9.23. The van der Waals surface area contributed by atoms with Crippen molar-refractivity contribution in [3.63, 3.8) is 0 Å². The minimum atomic E-state index is -0.288. The van der Waals surface area contributed by atoms with Crippen molar-refractivity contribution >= 4 is 27.5 Å². The Bertz CT molecular complexity index is 1010. The van der Waals surface area contributed by atoms with E-state index in [-0.39, 0.29) is 5.91 Å². The summed E-state index contributed by atoms with van der Waals surface area (Å²) in [6, 6.07) is 12.9. The molecule has 0 spiro atoms. The Balaban J connectivity index is 2.01. The maximum absolute atomic E-state index is 12.7. The van der Waals surface area contributed by atoms with E-state index in [1.165, 1.54) is 11.3 Å². The monoisotopic (exact) mass is 400 g/mol. The Labute approximate surface area is 168 Å². The van der Waals surface area contributed by atoms with Gasteiger partial charge in [0.15, 0.2) is 4.80 Å². The molecule has 0 saturated carbocycles. The molecule has 28 heavy (non-hydrogen) atoms. The molecule has 2 aromatic carbocycles. The second-order valence-electron chi connectivity index (χ2n) is 5.94. The van der Waals surface area contributed by atoms with Crippen LogP contribution in [0.3, 0.4) is 0 Å². The first-order valence-corrected chi connectivity index (χ1v) is 10.0. The molecule has 0 aliphatic rings. The predicted octanol–water partition coefficient (Wildman–Crippen LogP) is 3.89. The molecule has 3 rings (SSSR count). The minimum Gasteiger partial charge on any atom is -0.497 e. The van der Waals surface area contributed by atoms with E-state index in [1.807, 2.05) is 36.6 Å². The summed E-state index contributed by atoms with van der Waals surface area (Å²) in [5.41, 5.74) is 1.53. The summed E-state index contributed by atoms with van der Waals surface area (Å²) in [4.78, 5) is 17.7. The third-order valence-corrected chi connectivity index (χ3v) is 5.20. The van der Waals surface area contributed by atoms with Crippen LogP contribution in [0.25, 0.3) is 10.2 Å². The molecule has 0 saturated heterocycles. The topological polar surface area (TPSA) is 62.1 Å². The number of hydrogen-bond donors (Lipinski definition) is 0. The smallest absolute Gasteiger partial charge is 0.279 e. The Hall–Kier alpha value is -2.64. The Morgan fingerprint density at radius 1 is 1.07 bits per heavy atom. The number of methoxy groups -OCH3 is 1. The number of amides is 1. The molecule has 6 nitrogen and oxygen atoms in total. The molecule has 1 aromatic heterocycles. The summed E-state index contributed by atoms with van der Waals surface area (Å²) >= 11 is 1.47. The van der Waals surface area contributed by atoms with E-state index in [9.17, 15) is 4.79 Å². The molecule has 1 heterocycles. The molecule has 0 unspecified atom stereocenters. The lowest BCUT2D eigenvalue weighted by atomic mass is 10.2. The molecule has 0 N–H and O–H groups in total. The van der Waals surface area contributed by atoms with Crippen LogP contribution in [0.1, 0.15) is 24.2 Å². The average Bonchev–Trinajstić information content (AvgIpc) is 3.05. The van der Waals surface area contributed by atoms with Crippen LogP contribution < -0.4 is 14.3 Å². The zero-order chi connectivity index (χ0) is 19.9. The number of carbonyl (C=O) groups excluding carboxylic acids is 1. The van der Waals surface area contributed by atoms with Gasteiger partial charge in [-0.2, -0.15) is 4.99 Å². The van der Waals surface area contributed by atoms with E-state index < -0.39 is 0 Å². The lowest BCUT2D eigenvalue weighted by Crippen LogP contribution is -2.19. The third kappa shape index (κ3) is 4.61. The minimum absolute atomic E-state index is 0.288. The first kappa shape index (κ1) is 20.1. The van der Waals surface area contributed by atoms with E-state index in [2.05, 4.69) is 4.99 Å². The fourth-order valence-electron chi connectivity index (χ4n) is 2.80. The van der Waals surface area contributed by atoms with Gasteiger partial charge in [-0.25, -0.2) is 0 Å². The Morgan fingerprint density at radius 2 is 1.82 bits per heavy atom. The lowest BCUT2D eigenvalue weighted by molar-refractivity contribution is 0.0996. The fourth-order valence-corrected chi connectivity index (χ4v) is 3.88. The van der Waals surface area contributed by atoms with Crippen molar-refractivity contribution in [3.05, 3.63) is 52.8 Å². The van der Waals surface area contributed by atoms with Gasteiger partial charge in [0.2, 0.25) is 0 Å². The number of nitrogens with zero attached hydrogens (tertiary/aromatic N) is 2. The summed E-state index contributed by atoms with van der Waals surface area (Å²) < 4.78 is 19.3. The third-order valence-electron chi connectivity index (χ3n) is 4.16. The van der Waals surface area contributed by atoms with Crippen molar-refractivity contribution in [1.29, 1.82) is 0 Å². The molecular formula is C21H24N2O4S. The number of fused-ring (bicyclic) bond motifs is 1. The van der Waals surface area contributed by atoms with E-state index in [4.69, 9.17) is 14.2 Å². The number of rotatable bonds is 8. The standard InChI is InChI=1S/C21H24N2O4S/c1-4-26-13-12-23-18-11-10-17(27-5-2)14-19(18)28-21(23)22-20(24)15-6-8-16(25-3)9-7-15/h6-11,14H,4-5,12-13H2,1-3H3. The lowest BCUT2D eigenvalue weighted by Gasteiger charge is -2.06. The number of aromatic nitrogens is 1. The molecule has 0 bridgehead atoms. The van der Waals surface area contributed by atoms with Crippen LogP contribution >= 0.6 is 11.3 Å². The first-order chi connectivity index (χ1) is 13.7. The molecule has 0 fully saturated rings. The van der Waals surface area contributed by atoms with Gasteiger partial charge in [-0.3, -0.25) is 4.79 Å². The molecule has 1 amide bonds. The van der Waals surface area contributed by atoms with Crippen LogP contribution in [0.2, 0.25) is 0 Å². The van der Waals surface area contributed by atoms with Gasteiger partial charge in [0.05, 0.1) is 30.5 Å². The van der Waals surface area contributed by atoms with Crippen LogP contribution in [-0.4, -0.2) is 37.4 Å². The number of carbonyl (C=O) groups is 1. The Kier molecular flexibility index (Phi) is 6.84. The van der Waals surface area contributed by atoms with Gasteiger partial charge in [0.25, 0.3) is 5.91 Å². The highest BCUT2D eigenvalue weighted by Gasteiger charge is 2.11. The van der Waals surface area contributed by atoms with Crippen LogP contribution in [0.4, 0.5) is 0 Å². The van der Waals surface area contributed by atoms with E-state index in [0.717, 1.165) is 16.0 Å². The molecule has 3 aromatic rings. The van der Waals surface area contributed by atoms with Gasteiger partial charge < -0.3 is 18.8 Å². The number of benzene rings is 2. The van der Waals surface area contributed by atoms with E-state index >= 15 is 0 Å². The summed E-state index contributed by atoms with van der Waals surface area (Å²) in [6.45, 7) is 6.34. The van der Waals surface area contributed by atoms with Gasteiger partial charge >= 0.3 is 0 Å². The highest BCUT2D eigenvalue weighted by atomic mass is 32.1. The second kappa shape index (κ2) is 9.52. The van der Waals surface area contributed by atoms with E-state index in [0.29, 0.717) is 42.5 Å². The SMILES string of the molecule is CCOCCn1c(=NC(=O)c2ccc(OC)cc2)sc2cc(OCC)ccc21. The summed E-state index contributed by atoms with van der Waals surface area (Å²) in [5.74, 6) is 1.22. The summed E-state index contributed by atoms with van der Waals surface area (Å²) in [5, 5.41) is 0. The van der Waals surface area contributed by atoms with Crippen molar-refractivity contribution in [3.8, 4) is 11.5 Å². The van der Waals surface area contributed by atoms with Crippen LogP contribution in [0, 0.1) is 0 Å². The van der Waals surface area contributed by atoms with Gasteiger partial charge in [-0.15, -0.1) is 0 Å². The van der Waals surface area contributed by atoms with Crippen LogP contribution in [0.15, 0.2) is 47.5 Å². The highest BCUT2D eigenvalue weighted by Crippen LogP contribution is 2.23. The number of thiazole rings is 1. The molecule has 0 aliphatic carbocycles. The zero-order valence-electron chi connectivity index (χ0n) is 16.3. The quantitative estimate of drug-likeness (QED) is 0.538. The second-order valence-corrected chi connectivity index (χ2v) is 6.95. The van der Waals surface area contributed by atoms with Gasteiger partial charge in [-0.05, 0) is 56.3 Å². The maximum atomic E-state index is 12.7. The number of hydrogen-bond acceptors (Lipinski definition) is 5. The molecule has 148 valence electrons. The Morgan fingerprint density at radius 3 is 2.50 bits per heavy atom. The van der Waals surface area contributed by atoms with E-state index in [1.54, 1.807) is 31.4 Å². The van der Waals surface area contributed by atoms with Crippen molar-refractivity contribution in [2.45, 2.75) is 20.4 Å². The average molecular weight is 401 g/mol. The molecule has 0 radical (unpaired) electrons. The van der Waals surface area contributed by atoms with Gasteiger partial charge in [0.1, 0.15) is 11.5 Å². The van der Waals surface area contributed by atoms with Crippen molar-refractivity contribution in [1.82, 2.24) is 4.57 Å². The zero-order valence-corrected chi connectivity index (χ0v) is 17.1. The van der Waals surface area contributed by atoms with Crippen molar-refractivity contribution in [2.24, 2.45) is 4.99 Å². The predicted molar refractivity (Wildman–Crippen MR) is 110 cm³/mol.